The zero-order valence-electron chi connectivity index (χ0n) is 17.8. The lowest BCUT2D eigenvalue weighted by Crippen LogP contribution is -2.27. The third-order valence-corrected chi connectivity index (χ3v) is 7.76. The Hall–Kier alpha value is -0.700. The lowest BCUT2D eigenvalue weighted by atomic mass is 9.69. The predicted molar refractivity (Wildman–Crippen MR) is 112 cm³/mol. The molecular formula is C25H40F2O. The Morgan fingerprint density at radius 1 is 1.00 bits per heavy atom. The van der Waals surface area contributed by atoms with Crippen molar-refractivity contribution in [2.75, 3.05) is 0 Å². The Kier molecular flexibility index (Phi) is 9.02. The van der Waals surface area contributed by atoms with Gasteiger partial charge in [-0.1, -0.05) is 43.1 Å². The van der Waals surface area contributed by atoms with Crippen LogP contribution in [0.3, 0.4) is 0 Å². The maximum Gasteiger partial charge on any atom is 0.345 e. The predicted octanol–water partition coefficient (Wildman–Crippen LogP) is 8.06. The van der Waals surface area contributed by atoms with Crippen LogP contribution >= 0.6 is 0 Å². The molecule has 28 heavy (non-hydrogen) atoms. The van der Waals surface area contributed by atoms with E-state index in [1.807, 2.05) is 0 Å². The second kappa shape index (κ2) is 11.5. The van der Waals surface area contributed by atoms with E-state index in [1.54, 1.807) is 5.57 Å². The average Bonchev–Trinajstić information content (AvgIpc) is 2.72. The van der Waals surface area contributed by atoms with Crippen LogP contribution in [0, 0.1) is 23.7 Å². The van der Waals surface area contributed by atoms with Crippen molar-refractivity contribution in [1.82, 2.24) is 0 Å². The minimum Gasteiger partial charge on any atom is -0.320 e. The number of ether oxygens (including phenoxy) is 1. The summed E-state index contributed by atoms with van der Waals surface area (Å²) in [6.07, 6.45) is 24.1. The van der Waals surface area contributed by atoms with Crippen LogP contribution in [0.5, 0.6) is 0 Å². The van der Waals surface area contributed by atoms with Gasteiger partial charge in [-0.15, -0.1) is 0 Å². The van der Waals surface area contributed by atoms with Crippen LogP contribution in [-0.2, 0) is 4.74 Å². The number of hydrogen-bond donors (Lipinski definition) is 0. The Balaban J connectivity index is 1.35. The molecule has 2 fully saturated rings. The molecule has 1 unspecified atom stereocenters. The molecule has 0 aromatic heterocycles. The van der Waals surface area contributed by atoms with E-state index >= 15 is 0 Å². The van der Waals surface area contributed by atoms with Crippen molar-refractivity contribution in [1.29, 1.82) is 0 Å². The molecule has 3 aliphatic carbocycles. The smallest absolute Gasteiger partial charge is 0.320 e. The number of rotatable bonds is 8. The van der Waals surface area contributed by atoms with Crippen molar-refractivity contribution in [3.05, 3.63) is 23.8 Å². The topological polar surface area (TPSA) is 9.23 Å². The van der Waals surface area contributed by atoms with Crippen LogP contribution in [0.1, 0.15) is 96.8 Å². The van der Waals surface area contributed by atoms with Gasteiger partial charge < -0.3 is 4.74 Å². The van der Waals surface area contributed by atoms with Crippen molar-refractivity contribution >= 4 is 0 Å². The summed E-state index contributed by atoms with van der Waals surface area (Å²) >= 11 is 0. The normalized spacial score (nSPS) is 34.7. The van der Waals surface area contributed by atoms with E-state index in [0.29, 0.717) is 5.92 Å². The molecule has 0 spiro atoms. The van der Waals surface area contributed by atoms with Gasteiger partial charge in [0.25, 0.3) is 0 Å². The zero-order chi connectivity index (χ0) is 19.8. The van der Waals surface area contributed by atoms with Gasteiger partial charge in [0.1, 0.15) is 0 Å². The number of alkyl halides is 2. The fourth-order valence-corrected chi connectivity index (χ4v) is 6.03. The molecule has 0 aromatic rings. The number of unbranched alkanes of at least 4 members (excludes halogenated alkanes) is 1. The summed E-state index contributed by atoms with van der Waals surface area (Å²) in [4.78, 5) is 0. The highest BCUT2D eigenvalue weighted by atomic mass is 19.3. The lowest BCUT2D eigenvalue weighted by Gasteiger charge is -2.37. The van der Waals surface area contributed by atoms with Crippen molar-refractivity contribution in [2.24, 2.45) is 23.7 Å². The molecule has 3 rings (SSSR count). The van der Waals surface area contributed by atoms with E-state index in [9.17, 15) is 8.78 Å². The average molecular weight is 395 g/mol. The third-order valence-electron chi connectivity index (χ3n) is 7.76. The first-order chi connectivity index (χ1) is 13.7. The number of allylic oxidation sites excluding steroid dienone is 4. The number of hydrogen-bond acceptors (Lipinski definition) is 1. The standard InChI is InChI=1S/C25H40F2O/c1-2-3-4-5-6-19-7-9-20(10-8-19)21-11-13-22(14-12-21)23-15-17-24(18-16-23)28-25(26)27/h2-3,13,19-21,23-25H,4-12,14-18H2,1H3/b3-2+. The molecule has 0 bridgehead atoms. The second-order valence-corrected chi connectivity index (χ2v) is 9.46. The highest BCUT2D eigenvalue weighted by Crippen LogP contribution is 2.43. The fraction of sp³-hybridized carbons (Fsp3) is 0.840. The van der Waals surface area contributed by atoms with Gasteiger partial charge in [-0.05, 0) is 101 Å². The van der Waals surface area contributed by atoms with E-state index in [-0.39, 0.29) is 6.10 Å². The Labute approximate surface area is 171 Å². The highest BCUT2D eigenvalue weighted by Gasteiger charge is 2.31. The quantitative estimate of drug-likeness (QED) is 0.299. The Morgan fingerprint density at radius 2 is 1.75 bits per heavy atom. The van der Waals surface area contributed by atoms with Crippen LogP contribution in [0.4, 0.5) is 8.78 Å². The summed E-state index contributed by atoms with van der Waals surface area (Å²) in [6, 6.07) is 0. The fourth-order valence-electron chi connectivity index (χ4n) is 6.03. The molecule has 0 aliphatic heterocycles. The van der Waals surface area contributed by atoms with E-state index in [0.717, 1.165) is 43.4 Å². The van der Waals surface area contributed by atoms with Gasteiger partial charge in [0.2, 0.25) is 0 Å². The SMILES string of the molecule is C/C=C/CCCC1CCC(C2CC=C(C3CCC(OC(F)F)CC3)CC2)CC1. The Morgan fingerprint density at radius 3 is 2.36 bits per heavy atom. The molecule has 160 valence electrons. The van der Waals surface area contributed by atoms with Gasteiger partial charge >= 0.3 is 6.61 Å². The minimum absolute atomic E-state index is 0.221. The van der Waals surface area contributed by atoms with Crippen LogP contribution in [0.2, 0.25) is 0 Å². The second-order valence-electron chi connectivity index (χ2n) is 9.46. The molecule has 0 saturated heterocycles. The van der Waals surface area contributed by atoms with Crippen LogP contribution in [0.15, 0.2) is 23.8 Å². The lowest BCUT2D eigenvalue weighted by molar-refractivity contribution is -0.170. The molecule has 0 heterocycles. The summed E-state index contributed by atoms with van der Waals surface area (Å²) in [7, 11) is 0. The van der Waals surface area contributed by atoms with Gasteiger partial charge in [-0.2, -0.15) is 8.78 Å². The number of halogens is 2. The summed E-state index contributed by atoms with van der Waals surface area (Å²) in [5, 5.41) is 0. The molecule has 0 N–H and O–H groups in total. The van der Waals surface area contributed by atoms with E-state index in [4.69, 9.17) is 4.74 Å². The van der Waals surface area contributed by atoms with E-state index in [2.05, 4.69) is 25.2 Å². The monoisotopic (exact) mass is 394 g/mol. The summed E-state index contributed by atoms with van der Waals surface area (Å²) < 4.78 is 29.5. The van der Waals surface area contributed by atoms with Crippen molar-refractivity contribution in [3.63, 3.8) is 0 Å². The molecule has 2 saturated carbocycles. The third kappa shape index (κ3) is 6.68. The van der Waals surface area contributed by atoms with Gasteiger partial charge in [-0.3, -0.25) is 0 Å². The minimum atomic E-state index is -2.61. The molecule has 1 atom stereocenters. The Bertz CT molecular complexity index is 497. The first-order valence-electron chi connectivity index (χ1n) is 11.9. The van der Waals surface area contributed by atoms with Gasteiger partial charge in [0, 0.05) is 0 Å². The molecule has 0 aromatic carbocycles. The molecule has 0 radical (unpaired) electrons. The molecule has 0 amide bonds. The molecule has 1 nitrogen and oxygen atoms in total. The summed E-state index contributed by atoms with van der Waals surface area (Å²) in [5.41, 5.74) is 1.63. The maximum absolute atomic E-state index is 12.4. The van der Waals surface area contributed by atoms with Gasteiger partial charge in [-0.25, -0.2) is 0 Å². The van der Waals surface area contributed by atoms with Crippen LogP contribution < -0.4 is 0 Å². The molecule has 3 aliphatic rings. The summed E-state index contributed by atoms with van der Waals surface area (Å²) in [6.45, 7) is -0.498. The zero-order valence-corrected chi connectivity index (χ0v) is 17.8. The van der Waals surface area contributed by atoms with Crippen molar-refractivity contribution in [3.8, 4) is 0 Å². The molecular weight excluding hydrogens is 354 g/mol. The van der Waals surface area contributed by atoms with Gasteiger partial charge in [0.15, 0.2) is 0 Å². The van der Waals surface area contributed by atoms with E-state index < -0.39 is 6.61 Å². The van der Waals surface area contributed by atoms with Gasteiger partial charge in [0.05, 0.1) is 6.10 Å². The maximum atomic E-state index is 12.4. The molecule has 3 heteroatoms. The van der Waals surface area contributed by atoms with Crippen LogP contribution in [-0.4, -0.2) is 12.7 Å². The van der Waals surface area contributed by atoms with Crippen molar-refractivity contribution < 1.29 is 13.5 Å². The largest absolute Gasteiger partial charge is 0.345 e. The van der Waals surface area contributed by atoms with E-state index in [1.165, 1.54) is 64.2 Å². The first-order valence-corrected chi connectivity index (χ1v) is 11.9. The highest BCUT2D eigenvalue weighted by molar-refractivity contribution is 5.12. The summed E-state index contributed by atoms with van der Waals surface area (Å²) in [5.74, 6) is 3.44. The van der Waals surface area contributed by atoms with Crippen molar-refractivity contribution in [2.45, 2.75) is 110 Å². The van der Waals surface area contributed by atoms with Crippen LogP contribution in [0.25, 0.3) is 0 Å². The first kappa shape index (κ1) is 22.0.